The molecule has 12 heavy (non-hydrogen) atoms. The zero-order valence-corrected chi connectivity index (χ0v) is 8.40. The minimum absolute atomic E-state index is 0.235. The van der Waals surface area contributed by atoms with Gasteiger partial charge in [0.15, 0.2) is 0 Å². The van der Waals surface area contributed by atoms with Crippen LogP contribution >= 0.6 is 11.8 Å². The van der Waals surface area contributed by atoms with Crippen LogP contribution in [-0.2, 0) is 0 Å². The molecule has 0 aromatic rings. The van der Waals surface area contributed by atoms with Crippen molar-refractivity contribution in [1.82, 2.24) is 0 Å². The Bertz CT molecular complexity index is 193. The highest BCUT2D eigenvalue weighted by molar-refractivity contribution is 8.01. The van der Waals surface area contributed by atoms with Crippen LogP contribution < -0.4 is 0 Å². The monoisotopic (exact) mass is 185 g/mol. The van der Waals surface area contributed by atoms with Crippen molar-refractivity contribution < 1.29 is 5.11 Å². The largest absolute Gasteiger partial charge is 0.393 e. The van der Waals surface area contributed by atoms with E-state index < -0.39 is 0 Å². The lowest BCUT2D eigenvalue weighted by Gasteiger charge is -2.40. The van der Waals surface area contributed by atoms with Crippen LogP contribution in [0.2, 0.25) is 0 Å². The third-order valence-electron chi connectivity index (χ3n) is 2.34. The summed E-state index contributed by atoms with van der Waals surface area (Å²) < 4.78 is -0.269. The first kappa shape index (κ1) is 9.88. The molecule has 0 aromatic heterocycles. The first-order valence-electron chi connectivity index (χ1n) is 4.39. The third kappa shape index (κ3) is 1.94. The smallest absolute Gasteiger partial charge is 0.107 e. The van der Waals surface area contributed by atoms with Crippen molar-refractivity contribution in [2.75, 3.05) is 0 Å². The summed E-state index contributed by atoms with van der Waals surface area (Å²) in [7, 11) is 0. The molecule has 1 aliphatic rings. The lowest BCUT2D eigenvalue weighted by Crippen LogP contribution is -2.44. The Morgan fingerprint density at radius 2 is 2.33 bits per heavy atom. The number of hydrogen-bond acceptors (Lipinski definition) is 3. The minimum atomic E-state index is -0.269. The van der Waals surface area contributed by atoms with Gasteiger partial charge in [-0.3, -0.25) is 0 Å². The van der Waals surface area contributed by atoms with Gasteiger partial charge in [0, 0.05) is 18.1 Å². The summed E-state index contributed by atoms with van der Waals surface area (Å²) in [5.74, 6) is 0. The van der Waals surface area contributed by atoms with Crippen LogP contribution in [0.15, 0.2) is 0 Å². The van der Waals surface area contributed by atoms with Gasteiger partial charge in [-0.2, -0.15) is 5.26 Å². The molecule has 0 spiro atoms. The Labute approximate surface area is 78.0 Å². The molecule has 0 saturated heterocycles. The van der Waals surface area contributed by atoms with Gasteiger partial charge in [-0.25, -0.2) is 0 Å². The molecule has 1 aliphatic carbocycles. The summed E-state index contributed by atoms with van der Waals surface area (Å²) in [5.41, 5.74) is 0. The number of aliphatic hydroxyl groups is 1. The molecule has 0 aliphatic heterocycles. The fourth-order valence-electron chi connectivity index (χ4n) is 1.38. The van der Waals surface area contributed by atoms with Gasteiger partial charge in [-0.1, -0.05) is 13.8 Å². The van der Waals surface area contributed by atoms with Gasteiger partial charge in [-0.05, 0) is 6.42 Å². The SMILES string of the molecule is CCC(C)SC1(C#N)CC(O)C1. The van der Waals surface area contributed by atoms with Crippen LogP contribution in [0.4, 0.5) is 0 Å². The highest BCUT2D eigenvalue weighted by Gasteiger charge is 2.45. The van der Waals surface area contributed by atoms with Gasteiger partial charge >= 0.3 is 0 Å². The Kier molecular flexibility index (Phi) is 3.03. The fraction of sp³-hybridized carbons (Fsp3) is 0.889. The maximum absolute atomic E-state index is 9.14. The van der Waals surface area contributed by atoms with E-state index in [1.165, 1.54) is 0 Å². The second-order valence-corrected chi connectivity index (χ2v) is 5.33. The number of aliphatic hydroxyl groups excluding tert-OH is 1. The molecule has 0 heterocycles. The molecule has 3 heteroatoms. The Morgan fingerprint density at radius 1 is 1.75 bits per heavy atom. The van der Waals surface area contributed by atoms with Crippen molar-refractivity contribution in [3.05, 3.63) is 0 Å². The van der Waals surface area contributed by atoms with E-state index in [4.69, 9.17) is 10.4 Å². The second kappa shape index (κ2) is 3.68. The standard InChI is InChI=1S/C9H15NOS/c1-3-7(2)12-9(6-10)4-8(11)5-9/h7-8,11H,3-5H2,1-2H3. The summed E-state index contributed by atoms with van der Waals surface area (Å²) >= 11 is 1.72. The van der Waals surface area contributed by atoms with Gasteiger partial charge in [0.25, 0.3) is 0 Å². The summed E-state index contributed by atoms with van der Waals surface area (Å²) in [4.78, 5) is 0. The van der Waals surface area contributed by atoms with Crippen molar-refractivity contribution >= 4 is 11.8 Å². The van der Waals surface area contributed by atoms with Crippen molar-refractivity contribution in [3.8, 4) is 6.07 Å². The average molecular weight is 185 g/mol. The number of nitrogens with zero attached hydrogens (tertiary/aromatic N) is 1. The Hall–Kier alpha value is -0.200. The van der Waals surface area contributed by atoms with Crippen LogP contribution in [0.1, 0.15) is 33.1 Å². The first-order chi connectivity index (χ1) is 5.62. The molecule has 68 valence electrons. The van der Waals surface area contributed by atoms with Crippen LogP contribution in [-0.4, -0.2) is 21.2 Å². The first-order valence-corrected chi connectivity index (χ1v) is 5.27. The van der Waals surface area contributed by atoms with Gasteiger partial charge < -0.3 is 5.11 Å². The third-order valence-corrected chi connectivity index (χ3v) is 3.95. The van der Waals surface area contributed by atoms with Gasteiger partial charge in [0.05, 0.1) is 12.2 Å². The van der Waals surface area contributed by atoms with E-state index in [0.717, 1.165) is 6.42 Å². The summed E-state index contributed by atoms with van der Waals surface area (Å²) in [6, 6.07) is 2.31. The molecule has 2 nitrogen and oxygen atoms in total. The number of nitriles is 1. The van der Waals surface area contributed by atoms with E-state index in [1.54, 1.807) is 11.8 Å². The van der Waals surface area contributed by atoms with Gasteiger partial charge in [-0.15, -0.1) is 11.8 Å². The van der Waals surface area contributed by atoms with E-state index >= 15 is 0 Å². The summed E-state index contributed by atoms with van der Waals surface area (Å²) in [5, 5.41) is 18.6. The van der Waals surface area contributed by atoms with Crippen molar-refractivity contribution in [3.63, 3.8) is 0 Å². The number of thioether (sulfide) groups is 1. The van der Waals surface area contributed by atoms with Crippen molar-refractivity contribution in [2.45, 2.75) is 49.2 Å². The minimum Gasteiger partial charge on any atom is -0.393 e. The molecule has 0 aromatic carbocycles. The maximum atomic E-state index is 9.14. The molecular formula is C9H15NOS. The van der Waals surface area contributed by atoms with Crippen LogP contribution in [0.5, 0.6) is 0 Å². The molecule has 0 amide bonds. The maximum Gasteiger partial charge on any atom is 0.107 e. The van der Waals surface area contributed by atoms with E-state index in [9.17, 15) is 0 Å². The lowest BCUT2D eigenvalue weighted by atomic mass is 9.82. The Morgan fingerprint density at radius 3 is 2.67 bits per heavy atom. The van der Waals surface area contributed by atoms with E-state index in [2.05, 4.69) is 19.9 Å². The number of hydrogen-bond donors (Lipinski definition) is 1. The van der Waals surface area contributed by atoms with Crippen LogP contribution in [0.3, 0.4) is 0 Å². The molecule has 1 N–H and O–H groups in total. The topological polar surface area (TPSA) is 44.0 Å². The van der Waals surface area contributed by atoms with Crippen LogP contribution in [0.25, 0.3) is 0 Å². The van der Waals surface area contributed by atoms with E-state index in [-0.39, 0.29) is 10.9 Å². The van der Waals surface area contributed by atoms with Crippen molar-refractivity contribution in [1.29, 1.82) is 5.26 Å². The highest BCUT2D eigenvalue weighted by Crippen LogP contribution is 2.46. The fourth-order valence-corrected chi connectivity index (χ4v) is 2.95. The molecule has 1 atom stereocenters. The molecule has 1 fully saturated rings. The Balaban J connectivity index is 2.44. The second-order valence-electron chi connectivity index (χ2n) is 3.50. The summed E-state index contributed by atoms with van der Waals surface area (Å²) in [6.07, 6.45) is 2.16. The van der Waals surface area contributed by atoms with E-state index in [0.29, 0.717) is 18.1 Å². The highest BCUT2D eigenvalue weighted by atomic mass is 32.2. The molecule has 0 radical (unpaired) electrons. The van der Waals surface area contributed by atoms with Gasteiger partial charge in [0.2, 0.25) is 0 Å². The normalized spacial score (nSPS) is 36.7. The average Bonchev–Trinajstić information content (AvgIpc) is 2.01. The van der Waals surface area contributed by atoms with E-state index in [1.807, 2.05) is 0 Å². The molecule has 0 bridgehead atoms. The zero-order valence-electron chi connectivity index (χ0n) is 7.58. The van der Waals surface area contributed by atoms with Crippen molar-refractivity contribution in [2.24, 2.45) is 0 Å². The molecule has 1 saturated carbocycles. The molecular weight excluding hydrogens is 170 g/mol. The lowest BCUT2D eigenvalue weighted by molar-refractivity contribution is 0.0801. The number of rotatable bonds is 3. The molecule has 1 rings (SSSR count). The van der Waals surface area contributed by atoms with Crippen LogP contribution in [0, 0.1) is 11.3 Å². The molecule has 1 unspecified atom stereocenters. The summed E-state index contributed by atoms with van der Waals surface area (Å²) in [6.45, 7) is 4.26. The quantitative estimate of drug-likeness (QED) is 0.730. The zero-order chi connectivity index (χ0) is 9.19. The van der Waals surface area contributed by atoms with Gasteiger partial charge in [0.1, 0.15) is 4.75 Å². The predicted molar refractivity (Wildman–Crippen MR) is 50.9 cm³/mol. The predicted octanol–water partition coefficient (Wildman–Crippen LogP) is 1.94.